The molecule has 1 amide bonds. The molecular formula is C11H14N2O4. The lowest BCUT2D eigenvalue weighted by Crippen LogP contribution is -2.28. The van der Waals surface area contributed by atoms with E-state index >= 15 is 0 Å². The predicted octanol–water partition coefficient (Wildman–Crippen LogP) is 0.300. The number of amides is 1. The van der Waals surface area contributed by atoms with Crippen LogP contribution in [0.4, 0.5) is 0 Å². The van der Waals surface area contributed by atoms with Crippen LogP contribution in [0.1, 0.15) is 22.7 Å². The van der Waals surface area contributed by atoms with Gasteiger partial charge in [-0.25, -0.2) is 4.79 Å². The second-order valence-electron chi connectivity index (χ2n) is 3.95. The van der Waals surface area contributed by atoms with Crippen molar-refractivity contribution in [3.63, 3.8) is 0 Å². The molecule has 1 aliphatic heterocycles. The number of hydrogen-bond acceptors (Lipinski definition) is 4. The fraction of sp³-hybridized carbons (Fsp3) is 0.455. The summed E-state index contributed by atoms with van der Waals surface area (Å²) in [6.07, 6.45) is 0.465. The monoisotopic (exact) mass is 238 g/mol. The standard InChI is InChI=1S/C11H14N2O4/c14-10-3-5-13(6-4-12-10)7-8-1-2-9(17-8)11(15)16/h1-2H,3-7H2,(H,12,14)(H,15,16). The van der Waals surface area contributed by atoms with Crippen LogP contribution in [0.3, 0.4) is 0 Å². The van der Waals surface area contributed by atoms with Crippen LogP contribution in [0.2, 0.25) is 0 Å². The molecule has 1 aromatic heterocycles. The van der Waals surface area contributed by atoms with Gasteiger partial charge in [0.1, 0.15) is 5.76 Å². The number of nitrogens with zero attached hydrogens (tertiary/aromatic N) is 1. The van der Waals surface area contributed by atoms with E-state index in [4.69, 9.17) is 9.52 Å². The van der Waals surface area contributed by atoms with Crippen molar-refractivity contribution in [2.75, 3.05) is 19.6 Å². The quantitative estimate of drug-likeness (QED) is 0.791. The van der Waals surface area contributed by atoms with E-state index in [0.717, 1.165) is 6.54 Å². The maximum atomic E-state index is 11.1. The number of nitrogens with one attached hydrogen (secondary N) is 1. The lowest BCUT2D eigenvalue weighted by atomic mass is 10.3. The molecular weight excluding hydrogens is 224 g/mol. The third-order valence-corrected chi connectivity index (χ3v) is 2.66. The second-order valence-corrected chi connectivity index (χ2v) is 3.95. The molecule has 2 N–H and O–H groups in total. The molecule has 6 heteroatoms. The summed E-state index contributed by atoms with van der Waals surface area (Å²) in [4.78, 5) is 23.8. The number of carboxylic acids is 1. The number of furan rings is 1. The molecule has 0 bridgehead atoms. The van der Waals surface area contributed by atoms with Gasteiger partial charge in [-0.2, -0.15) is 0 Å². The fourth-order valence-electron chi connectivity index (χ4n) is 1.77. The topological polar surface area (TPSA) is 82.8 Å². The van der Waals surface area contributed by atoms with Gasteiger partial charge in [-0.3, -0.25) is 9.69 Å². The first-order valence-corrected chi connectivity index (χ1v) is 5.46. The van der Waals surface area contributed by atoms with E-state index in [0.29, 0.717) is 31.8 Å². The molecule has 1 aliphatic rings. The van der Waals surface area contributed by atoms with Gasteiger partial charge in [-0.05, 0) is 12.1 Å². The third kappa shape index (κ3) is 3.07. The Morgan fingerprint density at radius 3 is 3.00 bits per heavy atom. The van der Waals surface area contributed by atoms with Gasteiger partial charge < -0.3 is 14.8 Å². The average Bonchev–Trinajstić information content (AvgIpc) is 2.65. The molecule has 2 heterocycles. The molecule has 17 heavy (non-hydrogen) atoms. The third-order valence-electron chi connectivity index (χ3n) is 2.66. The molecule has 1 aromatic rings. The highest BCUT2D eigenvalue weighted by Crippen LogP contribution is 2.11. The maximum Gasteiger partial charge on any atom is 0.371 e. The first-order chi connectivity index (χ1) is 8.15. The Hall–Kier alpha value is -1.82. The van der Waals surface area contributed by atoms with Gasteiger partial charge in [0.25, 0.3) is 0 Å². The molecule has 6 nitrogen and oxygen atoms in total. The smallest absolute Gasteiger partial charge is 0.371 e. The van der Waals surface area contributed by atoms with E-state index in [2.05, 4.69) is 10.2 Å². The minimum Gasteiger partial charge on any atom is -0.475 e. The van der Waals surface area contributed by atoms with Crippen molar-refractivity contribution < 1.29 is 19.1 Å². The number of aromatic carboxylic acids is 1. The van der Waals surface area contributed by atoms with Gasteiger partial charge in [-0.1, -0.05) is 0 Å². The van der Waals surface area contributed by atoms with E-state index in [1.54, 1.807) is 6.07 Å². The van der Waals surface area contributed by atoms with Gasteiger partial charge in [0.2, 0.25) is 11.7 Å². The number of carbonyl (C=O) groups is 2. The van der Waals surface area contributed by atoms with Crippen molar-refractivity contribution in [3.05, 3.63) is 23.7 Å². The molecule has 0 unspecified atom stereocenters. The highest BCUT2D eigenvalue weighted by molar-refractivity contribution is 5.84. The van der Waals surface area contributed by atoms with Crippen molar-refractivity contribution in [1.82, 2.24) is 10.2 Å². The van der Waals surface area contributed by atoms with Crippen LogP contribution in [0.15, 0.2) is 16.5 Å². The van der Waals surface area contributed by atoms with Gasteiger partial charge >= 0.3 is 5.97 Å². The molecule has 2 rings (SSSR count). The van der Waals surface area contributed by atoms with Crippen LogP contribution in [0.5, 0.6) is 0 Å². The first-order valence-electron chi connectivity index (χ1n) is 5.46. The minimum atomic E-state index is -1.07. The Labute approximate surface area is 98.2 Å². The summed E-state index contributed by atoms with van der Waals surface area (Å²) in [5.74, 6) is -0.456. The summed E-state index contributed by atoms with van der Waals surface area (Å²) in [6, 6.07) is 3.10. The van der Waals surface area contributed by atoms with Crippen LogP contribution >= 0.6 is 0 Å². The summed E-state index contributed by atoms with van der Waals surface area (Å²) in [6.45, 7) is 2.55. The maximum absolute atomic E-state index is 11.1. The second kappa shape index (κ2) is 5.01. The Bertz CT molecular complexity index is 427. The van der Waals surface area contributed by atoms with Crippen molar-refractivity contribution >= 4 is 11.9 Å². The highest BCUT2D eigenvalue weighted by Gasteiger charge is 2.16. The van der Waals surface area contributed by atoms with E-state index in [9.17, 15) is 9.59 Å². The van der Waals surface area contributed by atoms with Crippen LogP contribution in [0.25, 0.3) is 0 Å². The summed E-state index contributed by atoms with van der Waals surface area (Å²) < 4.78 is 5.17. The minimum absolute atomic E-state index is 0.0518. The molecule has 1 fully saturated rings. The number of carbonyl (C=O) groups excluding carboxylic acids is 1. The molecule has 0 atom stereocenters. The van der Waals surface area contributed by atoms with E-state index < -0.39 is 5.97 Å². The van der Waals surface area contributed by atoms with Crippen molar-refractivity contribution in [2.24, 2.45) is 0 Å². The fourth-order valence-corrected chi connectivity index (χ4v) is 1.77. The Balaban J connectivity index is 1.95. The van der Waals surface area contributed by atoms with Crippen LogP contribution < -0.4 is 5.32 Å². The lowest BCUT2D eigenvalue weighted by Gasteiger charge is -2.16. The molecule has 0 radical (unpaired) electrons. The number of hydrogen-bond donors (Lipinski definition) is 2. The number of rotatable bonds is 3. The summed E-state index contributed by atoms with van der Waals surface area (Å²) in [5.41, 5.74) is 0. The predicted molar refractivity (Wildman–Crippen MR) is 58.6 cm³/mol. The van der Waals surface area contributed by atoms with Gasteiger partial charge in [-0.15, -0.1) is 0 Å². The summed E-state index contributed by atoms with van der Waals surface area (Å²) in [5, 5.41) is 11.5. The molecule has 1 saturated heterocycles. The largest absolute Gasteiger partial charge is 0.475 e. The van der Waals surface area contributed by atoms with Crippen LogP contribution in [-0.4, -0.2) is 41.5 Å². The van der Waals surface area contributed by atoms with Crippen molar-refractivity contribution in [2.45, 2.75) is 13.0 Å². The highest BCUT2D eigenvalue weighted by atomic mass is 16.4. The van der Waals surface area contributed by atoms with E-state index in [-0.39, 0.29) is 11.7 Å². The molecule has 92 valence electrons. The van der Waals surface area contributed by atoms with Gasteiger partial charge in [0, 0.05) is 26.1 Å². The Morgan fingerprint density at radius 1 is 1.47 bits per heavy atom. The zero-order chi connectivity index (χ0) is 12.3. The average molecular weight is 238 g/mol. The Kier molecular flexibility index (Phi) is 3.43. The molecule has 0 aromatic carbocycles. The summed E-state index contributed by atoms with van der Waals surface area (Å²) >= 11 is 0. The zero-order valence-corrected chi connectivity index (χ0v) is 9.31. The van der Waals surface area contributed by atoms with Crippen LogP contribution in [-0.2, 0) is 11.3 Å². The van der Waals surface area contributed by atoms with E-state index in [1.165, 1.54) is 6.07 Å². The first kappa shape index (κ1) is 11.7. The Morgan fingerprint density at radius 2 is 2.29 bits per heavy atom. The zero-order valence-electron chi connectivity index (χ0n) is 9.31. The van der Waals surface area contributed by atoms with E-state index in [1.807, 2.05) is 0 Å². The molecule has 0 aliphatic carbocycles. The van der Waals surface area contributed by atoms with Crippen molar-refractivity contribution in [3.8, 4) is 0 Å². The summed E-state index contributed by atoms with van der Waals surface area (Å²) in [7, 11) is 0. The normalized spacial score (nSPS) is 17.5. The number of carboxylic acid groups (broad SMARTS) is 1. The lowest BCUT2D eigenvalue weighted by molar-refractivity contribution is -0.120. The molecule has 0 saturated carbocycles. The van der Waals surface area contributed by atoms with Gasteiger partial charge in [0.05, 0.1) is 6.54 Å². The molecule has 0 spiro atoms. The SMILES string of the molecule is O=C1CCN(Cc2ccc(C(=O)O)o2)CCN1. The van der Waals surface area contributed by atoms with Gasteiger partial charge in [0.15, 0.2) is 0 Å². The van der Waals surface area contributed by atoms with Crippen LogP contribution in [0, 0.1) is 0 Å². The van der Waals surface area contributed by atoms with Crippen molar-refractivity contribution in [1.29, 1.82) is 0 Å².